The molecule has 1 unspecified atom stereocenters. The number of halogens is 1. The number of nitrogens with one attached hydrogen (secondary N) is 1. The van der Waals surface area contributed by atoms with E-state index in [0.29, 0.717) is 40.7 Å². The van der Waals surface area contributed by atoms with E-state index in [1.54, 1.807) is 19.2 Å². The number of aromatic nitrogens is 2. The quantitative estimate of drug-likeness (QED) is 0.427. The molecule has 1 N–H and O–H groups in total. The Kier molecular flexibility index (Phi) is 7.74. The first-order chi connectivity index (χ1) is 15.0. The Morgan fingerprint density at radius 1 is 1.13 bits per heavy atom. The third kappa shape index (κ3) is 4.77. The van der Waals surface area contributed by atoms with E-state index in [1.807, 2.05) is 32.0 Å². The lowest BCUT2D eigenvalue weighted by atomic mass is 9.82. The fourth-order valence-electron chi connectivity index (χ4n) is 3.67. The highest BCUT2D eigenvalue weighted by Crippen LogP contribution is 2.45. The Morgan fingerprint density at radius 3 is 2.58 bits per heavy atom. The van der Waals surface area contributed by atoms with Gasteiger partial charge >= 0.3 is 12.1 Å². The molecule has 166 valence electrons. The molecule has 1 aromatic heterocycles. The predicted molar refractivity (Wildman–Crippen MR) is 119 cm³/mol. The van der Waals surface area contributed by atoms with Gasteiger partial charge in [-0.2, -0.15) is 5.10 Å². The van der Waals surface area contributed by atoms with Crippen molar-refractivity contribution in [3.8, 4) is 0 Å². The van der Waals surface area contributed by atoms with Crippen LogP contribution in [0.15, 0.2) is 41.7 Å². The standard InChI is InChI=1S/C23H28ClN3O4/c1-4-7-13-31-23(29)27-21-16(14-25-27)19(15-11-8-9-12-17(15)24)20(22(28)30-6-3)18(26-21)10-5-2/h8-9,11-12,14,19,26H,4-7,10,13H2,1-3H3. The highest BCUT2D eigenvalue weighted by atomic mass is 35.5. The molecule has 2 aromatic rings. The second-order valence-electron chi connectivity index (χ2n) is 7.27. The second kappa shape index (κ2) is 10.5. The van der Waals surface area contributed by atoms with E-state index in [1.165, 1.54) is 4.68 Å². The minimum absolute atomic E-state index is 0.257. The van der Waals surface area contributed by atoms with Crippen LogP contribution in [-0.4, -0.2) is 35.1 Å². The van der Waals surface area contributed by atoms with Crippen molar-refractivity contribution in [2.75, 3.05) is 18.5 Å². The van der Waals surface area contributed by atoms with Crippen molar-refractivity contribution < 1.29 is 19.1 Å². The third-order valence-corrected chi connectivity index (χ3v) is 5.44. The molecule has 0 bridgehead atoms. The lowest BCUT2D eigenvalue weighted by molar-refractivity contribution is -0.138. The van der Waals surface area contributed by atoms with Crippen LogP contribution in [0.3, 0.4) is 0 Å². The zero-order valence-corrected chi connectivity index (χ0v) is 18.9. The van der Waals surface area contributed by atoms with Gasteiger partial charge in [0.15, 0.2) is 0 Å². The molecule has 1 aliphatic rings. The summed E-state index contributed by atoms with van der Waals surface area (Å²) < 4.78 is 12.0. The average molecular weight is 446 g/mol. The number of ether oxygens (including phenoxy) is 2. The molecule has 0 aliphatic carbocycles. The summed E-state index contributed by atoms with van der Waals surface area (Å²) >= 11 is 6.54. The highest BCUT2D eigenvalue weighted by Gasteiger charge is 2.38. The number of anilines is 1. The number of rotatable bonds is 8. The number of hydrogen-bond acceptors (Lipinski definition) is 6. The second-order valence-corrected chi connectivity index (χ2v) is 7.68. The van der Waals surface area contributed by atoms with E-state index in [-0.39, 0.29) is 6.61 Å². The van der Waals surface area contributed by atoms with Crippen molar-refractivity contribution in [1.29, 1.82) is 0 Å². The van der Waals surface area contributed by atoms with Crippen LogP contribution in [0, 0.1) is 0 Å². The summed E-state index contributed by atoms with van der Waals surface area (Å²) in [6.07, 6.45) is 4.12. The lowest BCUT2D eigenvalue weighted by Gasteiger charge is -2.29. The summed E-state index contributed by atoms with van der Waals surface area (Å²) in [5, 5.41) is 8.06. The Balaban J connectivity index is 2.14. The third-order valence-electron chi connectivity index (χ3n) is 5.10. The van der Waals surface area contributed by atoms with E-state index < -0.39 is 18.0 Å². The van der Waals surface area contributed by atoms with Crippen molar-refractivity contribution in [2.45, 2.75) is 52.4 Å². The van der Waals surface area contributed by atoms with E-state index in [0.717, 1.165) is 24.8 Å². The van der Waals surface area contributed by atoms with Gasteiger partial charge in [0, 0.05) is 22.2 Å². The van der Waals surface area contributed by atoms with Crippen molar-refractivity contribution >= 4 is 29.5 Å². The SMILES string of the molecule is CCCCOC(=O)n1ncc2c1NC(CCC)=C(C(=O)OCC)C2c1ccccc1Cl. The van der Waals surface area contributed by atoms with Crippen molar-refractivity contribution in [3.05, 3.63) is 57.9 Å². The molecule has 1 aromatic carbocycles. The minimum Gasteiger partial charge on any atom is -0.463 e. The molecule has 0 fully saturated rings. The number of nitrogens with zero attached hydrogens (tertiary/aromatic N) is 2. The molecule has 2 heterocycles. The highest BCUT2D eigenvalue weighted by molar-refractivity contribution is 6.31. The molecule has 1 atom stereocenters. The normalized spacial score (nSPS) is 15.3. The molecular formula is C23H28ClN3O4. The van der Waals surface area contributed by atoms with Crippen molar-refractivity contribution in [2.24, 2.45) is 0 Å². The fraction of sp³-hybridized carbons (Fsp3) is 0.435. The molecule has 0 amide bonds. The van der Waals surface area contributed by atoms with Crippen LogP contribution in [0.25, 0.3) is 0 Å². The smallest absolute Gasteiger partial charge is 0.436 e. The van der Waals surface area contributed by atoms with Gasteiger partial charge in [0.25, 0.3) is 0 Å². The topological polar surface area (TPSA) is 82.5 Å². The zero-order chi connectivity index (χ0) is 22.4. The van der Waals surface area contributed by atoms with Gasteiger partial charge in [-0.1, -0.05) is 56.5 Å². The van der Waals surface area contributed by atoms with Crippen LogP contribution in [-0.2, 0) is 14.3 Å². The van der Waals surface area contributed by atoms with Crippen LogP contribution >= 0.6 is 11.6 Å². The van der Waals surface area contributed by atoms with Crippen LogP contribution in [0.4, 0.5) is 10.6 Å². The van der Waals surface area contributed by atoms with Gasteiger partial charge in [0.2, 0.25) is 0 Å². The van der Waals surface area contributed by atoms with E-state index >= 15 is 0 Å². The van der Waals surface area contributed by atoms with E-state index in [9.17, 15) is 9.59 Å². The number of esters is 1. The number of carbonyl (C=O) groups is 2. The average Bonchev–Trinajstić information content (AvgIpc) is 3.17. The Labute approximate surface area is 187 Å². The number of carbonyl (C=O) groups excluding carboxylic acids is 2. The largest absolute Gasteiger partial charge is 0.463 e. The van der Waals surface area contributed by atoms with Gasteiger partial charge in [-0.05, 0) is 31.4 Å². The molecular weight excluding hydrogens is 418 g/mol. The first-order valence-electron chi connectivity index (χ1n) is 10.7. The molecule has 7 nitrogen and oxygen atoms in total. The fourth-order valence-corrected chi connectivity index (χ4v) is 3.91. The van der Waals surface area contributed by atoms with Gasteiger partial charge in [-0.15, -0.1) is 4.68 Å². The van der Waals surface area contributed by atoms with Crippen LogP contribution < -0.4 is 5.32 Å². The van der Waals surface area contributed by atoms with Gasteiger partial charge in [0.1, 0.15) is 5.82 Å². The summed E-state index contributed by atoms with van der Waals surface area (Å²) in [6, 6.07) is 7.36. The van der Waals surface area contributed by atoms with Crippen LogP contribution in [0.5, 0.6) is 0 Å². The molecule has 0 spiro atoms. The zero-order valence-electron chi connectivity index (χ0n) is 18.1. The Bertz CT molecular complexity index is 983. The van der Waals surface area contributed by atoms with Crippen molar-refractivity contribution in [1.82, 2.24) is 9.78 Å². The minimum atomic E-state index is -0.560. The lowest BCUT2D eigenvalue weighted by Crippen LogP contribution is -2.27. The maximum Gasteiger partial charge on any atom is 0.436 e. The molecule has 0 radical (unpaired) electrons. The maximum absolute atomic E-state index is 13.0. The number of unbranched alkanes of at least 4 members (excludes halogenated alkanes) is 1. The van der Waals surface area contributed by atoms with Gasteiger partial charge < -0.3 is 14.8 Å². The number of benzene rings is 1. The van der Waals surface area contributed by atoms with E-state index in [4.69, 9.17) is 21.1 Å². The summed E-state index contributed by atoms with van der Waals surface area (Å²) in [7, 11) is 0. The summed E-state index contributed by atoms with van der Waals surface area (Å²) in [5.41, 5.74) is 2.61. The molecule has 1 aliphatic heterocycles. The Hall–Kier alpha value is -2.80. The van der Waals surface area contributed by atoms with E-state index in [2.05, 4.69) is 10.4 Å². The first-order valence-corrected chi connectivity index (χ1v) is 11.1. The summed E-state index contributed by atoms with van der Waals surface area (Å²) in [5.74, 6) is -0.432. The Morgan fingerprint density at radius 2 is 1.90 bits per heavy atom. The van der Waals surface area contributed by atoms with Crippen LogP contribution in [0.2, 0.25) is 5.02 Å². The van der Waals surface area contributed by atoms with Crippen molar-refractivity contribution in [3.63, 3.8) is 0 Å². The molecule has 8 heteroatoms. The molecule has 0 saturated carbocycles. The molecule has 3 rings (SSSR count). The van der Waals surface area contributed by atoms with Gasteiger partial charge in [-0.25, -0.2) is 9.59 Å². The van der Waals surface area contributed by atoms with Gasteiger partial charge in [-0.3, -0.25) is 0 Å². The summed E-state index contributed by atoms with van der Waals surface area (Å²) in [6.45, 7) is 6.40. The molecule has 31 heavy (non-hydrogen) atoms. The maximum atomic E-state index is 13.0. The first kappa shape index (κ1) is 22.9. The summed E-state index contributed by atoms with van der Waals surface area (Å²) in [4.78, 5) is 25.7. The monoisotopic (exact) mass is 445 g/mol. The molecule has 0 saturated heterocycles. The van der Waals surface area contributed by atoms with Gasteiger partial charge in [0.05, 0.1) is 25.0 Å². The number of fused-ring (bicyclic) bond motifs is 1. The number of allylic oxidation sites excluding steroid dienone is 1. The predicted octanol–water partition coefficient (Wildman–Crippen LogP) is 5.50. The van der Waals surface area contributed by atoms with Crippen LogP contribution in [0.1, 0.15) is 63.5 Å². The number of hydrogen-bond donors (Lipinski definition) is 1.